The number of rotatable bonds is 2. The topological polar surface area (TPSA) is 108 Å². The highest BCUT2D eigenvalue weighted by Gasteiger charge is 2.53. The van der Waals surface area contributed by atoms with Crippen LogP contribution in [0.3, 0.4) is 0 Å². The van der Waals surface area contributed by atoms with Gasteiger partial charge in [0.2, 0.25) is 0 Å². The van der Waals surface area contributed by atoms with E-state index >= 15 is 0 Å². The maximum atomic E-state index is 9.67. The summed E-state index contributed by atoms with van der Waals surface area (Å²) in [7, 11) is 1.45. The predicted molar refractivity (Wildman–Crippen MR) is 40.0 cm³/mol. The van der Waals surface area contributed by atoms with Crippen molar-refractivity contribution < 1.29 is 20.1 Å². The highest BCUT2D eigenvalue weighted by atomic mass is 16.6. The molecule has 0 spiro atoms. The lowest BCUT2D eigenvalue weighted by Gasteiger charge is -2.29. The van der Waals surface area contributed by atoms with Crippen molar-refractivity contribution in [3.05, 3.63) is 0 Å². The largest absolute Gasteiger partial charge is 0.393 e. The van der Waals surface area contributed by atoms with E-state index in [1.54, 1.807) is 0 Å². The Labute approximate surface area is 69.9 Å². The van der Waals surface area contributed by atoms with E-state index in [0.717, 1.165) is 0 Å². The van der Waals surface area contributed by atoms with Crippen molar-refractivity contribution in [1.29, 1.82) is 0 Å². The summed E-state index contributed by atoms with van der Waals surface area (Å²) < 4.78 is 4.89. The number of ether oxygens (including phenoxy) is 1. The molecule has 0 aromatic rings. The fraction of sp³-hybridized carbons (Fsp3) is 1.00. The van der Waals surface area contributed by atoms with E-state index < -0.39 is 30.8 Å². The Balaban J connectivity index is 2.80. The molecule has 0 aromatic carbocycles. The minimum atomic E-state index is -1.66. The van der Waals surface area contributed by atoms with Gasteiger partial charge in [0, 0.05) is 0 Å². The predicted octanol–water partition coefficient (Wildman–Crippen LogP) is -3.07. The molecular formula is C6H14N2O4. The van der Waals surface area contributed by atoms with Crippen molar-refractivity contribution in [1.82, 2.24) is 5.32 Å². The van der Waals surface area contributed by atoms with E-state index in [9.17, 15) is 10.2 Å². The van der Waals surface area contributed by atoms with Gasteiger partial charge >= 0.3 is 0 Å². The second-order valence-electron chi connectivity index (χ2n) is 2.79. The Kier molecular flexibility index (Phi) is 2.67. The van der Waals surface area contributed by atoms with Crippen LogP contribution in [0.1, 0.15) is 0 Å². The smallest absolute Gasteiger partial charge is 0.174 e. The molecule has 6 N–H and O–H groups in total. The molecule has 6 nitrogen and oxygen atoms in total. The minimum Gasteiger partial charge on any atom is -0.393 e. The zero-order chi connectivity index (χ0) is 9.35. The van der Waals surface area contributed by atoms with Crippen LogP contribution >= 0.6 is 0 Å². The van der Waals surface area contributed by atoms with Gasteiger partial charge in [-0.2, -0.15) is 0 Å². The lowest BCUT2D eigenvalue weighted by atomic mass is 10.0. The van der Waals surface area contributed by atoms with Crippen LogP contribution in [0.5, 0.6) is 0 Å². The first kappa shape index (κ1) is 9.85. The second-order valence-corrected chi connectivity index (χ2v) is 2.79. The van der Waals surface area contributed by atoms with E-state index in [2.05, 4.69) is 5.32 Å². The molecule has 0 saturated carbocycles. The number of aliphatic hydroxyl groups excluding tert-OH is 2. The Morgan fingerprint density at radius 2 is 2.25 bits per heavy atom. The molecule has 6 heteroatoms. The number of hydrogen-bond donors (Lipinski definition) is 5. The summed E-state index contributed by atoms with van der Waals surface area (Å²) >= 11 is 0. The van der Waals surface area contributed by atoms with Gasteiger partial charge < -0.3 is 25.8 Å². The molecule has 0 radical (unpaired) electrons. The molecule has 12 heavy (non-hydrogen) atoms. The van der Waals surface area contributed by atoms with Crippen molar-refractivity contribution in [2.45, 2.75) is 24.2 Å². The molecule has 4 unspecified atom stereocenters. The van der Waals surface area contributed by atoms with E-state index in [4.69, 9.17) is 15.6 Å². The molecule has 4 atom stereocenters. The number of nitrogens with two attached hydrogens (primary N) is 1. The number of likely N-dealkylation sites (N-methyl/N-ethyl adjacent to an activating group) is 1. The third kappa shape index (κ3) is 1.22. The van der Waals surface area contributed by atoms with Gasteiger partial charge in [-0.1, -0.05) is 0 Å². The first-order chi connectivity index (χ1) is 5.56. The van der Waals surface area contributed by atoms with Gasteiger partial charge in [-0.25, -0.2) is 0 Å². The molecule has 0 aliphatic carbocycles. The summed E-state index contributed by atoms with van der Waals surface area (Å²) in [5.74, 6) is 0. The van der Waals surface area contributed by atoms with Crippen molar-refractivity contribution in [3.63, 3.8) is 0 Å². The number of hydrogen-bond acceptors (Lipinski definition) is 6. The molecule has 0 bridgehead atoms. The summed E-state index contributed by atoms with van der Waals surface area (Å²) in [5.41, 5.74) is 3.65. The molecule has 1 aliphatic heterocycles. The van der Waals surface area contributed by atoms with Crippen LogP contribution in [0.2, 0.25) is 0 Å². The zero-order valence-corrected chi connectivity index (χ0v) is 6.77. The molecule has 1 heterocycles. The first-order valence-corrected chi connectivity index (χ1v) is 3.67. The Hall–Kier alpha value is -0.240. The molecule has 1 fully saturated rings. The third-order valence-corrected chi connectivity index (χ3v) is 2.14. The third-order valence-electron chi connectivity index (χ3n) is 2.14. The zero-order valence-electron chi connectivity index (χ0n) is 6.77. The quantitative estimate of drug-likeness (QED) is 0.287. The molecular weight excluding hydrogens is 164 g/mol. The van der Waals surface area contributed by atoms with Crippen molar-refractivity contribution in [2.75, 3.05) is 13.7 Å². The first-order valence-electron chi connectivity index (χ1n) is 3.67. The molecule has 0 amide bonds. The SMILES string of the molecule is CNC1(O)C(CO)OC(N)C1O. The van der Waals surface area contributed by atoms with Crippen molar-refractivity contribution in [3.8, 4) is 0 Å². The van der Waals surface area contributed by atoms with Gasteiger partial charge in [0.05, 0.1) is 6.61 Å². The van der Waals surface area contributed by atoms with Crippen LogP contribution < -0.4 is 11.1 Å². The number of aliphatic hydroxyl groups is 3. The standard InChI is InChI=1S/C6H14N2O4/c1-8-6(11)3(2-9)12-5(7)4(6)10/h3-5,8-11H,2,7H2,1H3. The normalized spacial score (nSPS) is 48.2. The van der Waals surface area contributed by atoms with E-state index in [1.807, 2.05) is 0 Å². The molecule has 1 rings (SSSR count). The lowest BCUT2D eigenvalue weighted by Crippen LogP contribution is -2.59. The maximum absolute atomic E-state index is 9.67. The maximum Gasteiger partial charge on any atom is 0.174 e. The highest BCUT2D eigenvalue weighted by Crippen LogP contribution is 2.25. The van der Waals surface area contributed by atoms with E-state index in [-0.39, 0.29) is 0 Å². The van der Waals surface area contributed by atoms with Crippen LogP contribution in [0.15, 0.2) is 0 Å². The van der Waals surface area contributed by atoms with Crippen LogP contribution in [-0.4, -0.2) is 53.1 Å². The lowest BCUT2D eigenvalue weighted by molar-refractivity contribution is -0.110. The van der Waals surface area contributed by atoms with Gasteiger partial charge in [0.15, 0.2) is 5.72 Å². The van der Waals surface area contributed by atoms with Crippen LogP contribution in [-0.2, 0) is 4.74 Å². The Morgan fingerprint density at radius 3 is 2.58 bits per heavy atom. The number of nitrogens with one attached hydrogen (secondary N) is 1. The summed E-state index contributed by atoms with van der Waals surface area (Å²) in [6, 6.07) is 0. The summed E-state index contributed by atoms with van der Waals surface area (Å²) in [4.78, 5) is 0. The van der Waals surface area contributed by atoms with Crippen LogP contribution in [0, 0.1) is 0 Å². The summed E-state index contributed by atoms with van der Waals surface area (Å²) in [5, 5.41) is 30.3. The highest BCUT2D eigenvalue weighted by molar-refractivity contribution is 4.99. The Morgan fingerprint density at radius 1 is 1.67 bits per heavy atom. The average molecular weight is 178 g/mol. The van der Waals surface area contributed by atoms with Gasteiger partial charge in [0.25, 0.3) is 0 Å². The molecule has 1 aliphatic rings. The van der Waals surface area contributed by atoms with Gasteiger partial charge in [-0.3, -0.25) is 5.32 Å². The average Bonchev–Trinajstić information content (AvgIpc) is 2.30. The minimum absolute atomic E-state index is 0.401. The van der Waals surface area contributed by atoms with Crippen molar-refractivity contribution >= 4 is 0 Å². The molecule has 1 saturated heterocycles. The van der Waals surface area contributed by atoms with E-state index in [1.165, 1.54) is 7.05 Å². The van der Waals surface area contributed by atoms with Gasteiger partial charge in [-0.15, -0.1) is 0 Å². The monoisotopic (exact) mass is 178 g/mol. The molecule has 72 valence electrons. The van der Waals surface area contributed by atoms with Gasteiger partial charge in [-0.05, 0) is 7.05 Å². The fourth-order valence-electron chi connectivity index (χ4n) is 1.30. The molecule has 0 aromatic heterocycles. The fourth-order valence-corrected chi connectivity index (χ4v) is 1.30. The summed E-state index contributed by atoms with van der Waals surface area (Å²) in [6.45, 7) is -0.401. The van der Waals surface area contributed by atoms with Crippen LogP contribution in [0.4, 0.5) is 0 Å². The summed E-state index contributed by atoms with van der Waals surface area (Å²) in [6.07, 6.45) is -3.10. The second kappa shape index (κ2) is 3.25. The Bertz CT molecular complexity index is 168. The van der Waals surface area contributed by atoms with Crippen molar-refractivity contribution in [2.24, 2.45) is 5.73 Å². The van der Waals surface area contributed by atoms with E-state index in [0.29, 0.717) is 0 Å². The van der Waals surface area contributed by atoms with Crippen LogP contribution in [0.25, 0.3) is 0 Å². The van der Waals surface area contributed by atoms with Gasteiger partial charge in [0.1, 0.15) is 18.4 Å².